The van der Waals surface area contributed by atoms with E-state index in [1.54, 1.807) is 11.3 Å². The van der Waals surface area contributed by atoms with Crippen LogP contribution < -0.4 is 5.32 Å². The van der Waals surface area contributed by atoms with Crippen LogP contribution in [0.4, 0.5) is 5.69 Å². The van der Waals surface area contributed by atoms with E-state index < -0.39 is 0 Å². The number of unbranched alkanes of at least 4 members (excludes halogenated alkanes) is 1. The van der Waals surface area contributed by atoms with Crippen molar-refractivity contribution in [3.8, 4) is 0 Å². The number of para-hydroxylation sites is 1. The zero-order valence-corrected chi connectivity index (χ0v) is 12.0. The second-order valence-corrected chi connectivity index (χ2v) is 4.90. The molecule has 1 N–H and O–H groups in total. The first-order chi connectivity index (χ1) is 8.86. The molecule has 98 valence electrons. The van der Waals surface area contributed by atoms with E-state index in [1.165, 1.54) is 23.5 Å². The second-order valence-electron chi connectivity index (χ2n) is 3.93. The molecule has 0 spiro atoms. The summed E-state index contributed by atoms with van der Waals surface area (Å²) in [5.74, 6) is 0. The van der Waals surface area contributed by atoms with Gasteiger partial charge in [0.05, 0.1) is 5.01 Å². The third kappa shape index (κ3) is 6.40. The Labute approximate surface area is 114 Å². The average Bonchev–Trinajstić information content (AvgIpc) is 2.94. The number of benzene rings is 1. The monoisotopic (exact) mass is 262 g/mol. The van der Waals surface area contributed by atoms with Crippen LogP contribution in [-0.4, -0.2) is 11.5 Å². The minimum Gasteiger partial charge on any atom is -0.385 e. The SMILES string of the molecule is CCCCNc1ccccc1.CCc1nccs1. The van der Waals surface area contributed by atoms with Gasteiger partial charge in [-0.05, 0) is 25.0 Å². The minimum atomic E-state index is 1.07. The lowest BCUT2D eigenvalue weighted by Gasteiger charge is -2.03. The van der Waals surface area contributed by atoms with Crippen molar-refractivity contribution in [1.82, 2.24) is 4.98 Å². The number of nitrogens with one attached hydrogen (secondary N) is 1. The molecule has 0 saturated heterocycles. The Morgan fingerprint density at radius 3 is 2.44 bits per heavy atom. The molecule has 0 aliphatic rings. The first kappa shape index (κ1) is 14.7. The fourth-order valence-corrected chi connectivity index (χ4v) is 1.96. The van der Waals surface area contributed by atoms with E-state index >= 15 is 0 Å². The van der Waals surface area contributed by atoms with Gasteiger partial charge in [-0.1, -0.05) is 38.5 Å². The number of rotatable bonds is 5. The molecule has 0 fully saturated rings. The number of thiazole rings is 1. The van der Waals surface area contributed by atoms with E-state index in [-0.39, 0.29) is 0 Å². The predicted octanol–water partition coefficient (Wildman–Crippen LogP) is 4.60. The number of hydrogen-bond acceptors (Lipinski definition) is 3. The van der Waals surface area contributed by atoms with Crippen LogP contribution >= 0.6 is 11.3 Å². The molecule has 0 unspecified atom stereocenters. The van der Waals surface area contributed by atoms with Crippen LogP contribution in [-0.2, 0) is 6.42 Å². The molecule has 0 radical (unpaired) electrons. The molecule has 0 atom stereocenters. The molecule has 0 aliphatic carbocycles. The van der Waals surface area contributed by atoms with Gasteiger partial charge in [0.1, 0.15) is 0 Å². The molecule has 1 aromatic carbocycles. The van der Waals surface area contributed by atoms with Crippen molar-refractivity contribution in [2.45, 2.75) is 33.1 Å². The first-order valence-corrected chi connectivity index (χ1v) is 7.42. The van der Waals surface area contributed by atoms with Gasteiger partial charge in [0, 0.05) is 23.8 Å². The number of nitrogens with zero attached hydrogens (tertiary/aromatic N) is 1. The molecule has 1 aromatic heterocycles. The Balaban J connectivity index is 0.000000199. The lowest BCUT2D eigenvalue weighted by Crippen LogP contribution is -1.99. The summed E-state index contributed by atoms with van der Waals surface area (Å²) in [5.41, 5.74) is 1.22. The molecule has 0 amide bonds. The normalized spacial score (nSPS) is 9.44. The Hall–Kier alpha value is -1.35. The maximum absolute atomic E-state index is 4.05. The third-order valence-electron chi connectivity index (χ3n) is 2.42. The van der Waals surface area contributed by atoms with Crippen LogP contribution in [0.3, 0.4) is 0 Å². The topological polar surface area (TPSA) is 24.9 Å². The average molecular weight is 262 g/mol. The molecule has 18 heavy (non-hydrogen) atoms. The van der Waals surface area contributed by atoms with E-state index in [2.05, 4.69) is 36.3 Å². The summed E-state index contributed by atoms with van der Waals surface area (Å²) in [6.07, 6.45) is 5.40. The van der Waals surface area contributed by atoms with Crippen LogP contribution in [0.5, 0.6) is 0 Å². The highest BCUT2D eigenvalue weighted by Gasteiger charge is 1.86. The lowest BCUT2D eigenvalue weighted by molar-refractivity contribution is 0.834. The van der Waals surface area contributed by atoms with Crippen LogP contribution in [0, 0.1) is 0 Å². The van der Waals surface area contributed by atoms with Crippen LogP contribution in [0.25, 0.3) is 0 Å². The van der Waals surface area contributed by atoms with Crippen LogP contribution in [0.15, 0.2) is 41.9 Å². The van der Waals surface area contributed by atoms with Gasteiger partial charge in [0.25, 0.3) is 0 Å². The van der Waals surface area contributed by atoms with Crippen molar-refractivity contribution in [3.05, 3.63) is 46.9 Å². The molecule has 3 heteroatoms. The Bertz CT molecular complexity index is 384. The summed E-state index contributed by atoms with van der Waals surface area (Å²) in [6, 6.07) is 10.3. The fraction of sp³-hybridized carbons (Fsp3) is 0.400. The van der Waals surface area contributed by atoms with Crippen molar-refractivity contribution in [2.75, 3.05) is 11.9 Å². The molecule has 0 aliphatic heterocycles. The van der Waals surface area contributed by atoms with Crippen LogP contribution in [0.1, 0.15) is 31.7 Å². The van der Waals surface area contributed by atoms with Gasteiger partial charge < -0.3 is 5.32 Å². The summed E-state index contributed by atoms with van der Waals surface area (Å²) < 4.78 is 0. The van der Waals surface area contributed by atoms with E-state index in [0.717, 1.165) is 13.0 Å². The molecular formula is C15H22N2S. The number of aryl methyl sites for hydroxylation is 1. The fourth-order valence-electron chi connectivity index (χ4n) is 1.39. The van der Waals surface area contributed by atoms with E-state index in [9.17, 15) is 0 Å². The summed E-state index contributed by atoms with van der Waals surface area (Å²) in [4.78, 5) is 4.05. The van der Waals surface area contributed by atoms with E-state index in [4.69, 9.17) is 0 Å². The van der Waals surface area contributed by atoms with Crippen LogP contribution in [0.2, 0.25) is 0 Å². The lowest BCUT2D eigenvalue weighted by atomic mass is 10.3. The maximum atomic E-state index is 4.05. The highest BCUT2D eigenvalue weighted by atomic mass is 32.1. The maximum Gasteiger partial charge on any atom is 0.0922 e. The zero-order valence-electron chi connectivity index (χ0n) is 11.2. The van der Waals surface area contributed by atoms with Gasteiger partial charge in [-0.3, -0.25) is 0 Å². The highest BCUT2D eigenvalue weighted by molar-refractivity contribution is 7.09. The zero-order chi connectivity index (χ0) is 13.1. The van der Waals surface area contributed by atoms with E-state index in [0.29, 0.717) is 0 Å². The number of anilines is 1. The van der Waals surface area contributed by atoms with Crippen molar-refractivity contribution >= 4 is 17.0 Å². The Kier molecular flexibility index (Phi) is 7.89. The quantitative estimate of drug-likeness (QED) is 0.796. The van der Waals surface area contributed by atoms with Gasteiger partial charge in [0.2, 0.25) is 0 Å². The molecular weight excluding hydrogens is 240 g/mol. The standard InChI is InChI=1S/C10H15N.C5H7NS/c1-2-3-9-11-10-7-5-4-6-8-10;1-2-5-6-3-4-7-5/h4-8,11H,2-3,9H2,1H3;3-4H,2H2,1H3. The molecule has 2 aromatic rings. The van der Waals surface area contributed by atoms with Gasteiger partial charge >= 0.3 is 0 Å². The predicted molar refractivity (Wildman–Crippen MR) is 81.3 cm³/mol. The van der Waals surface area contributed by atoms with E-state index in [1.807, 2.05) is 29.8 Å². The molecule has 2 rings (SSSR count). The van der Waals surface area contributed by atoms with Crippen molar-refractivity contribution in [3.63, 3.8) is 0 Å². The van der Waals surface area contributed by atoms with Crippen molar-refractivity contribution in [1.29, 1.82) is 0 Å². The minimum absolute atomic E-state index is 1.07. The summed E-state index contributed by atoms with van der Waals surface area (Å²) in [7, 11) is 0. The van der Waals surface area contributed by atoms with Crippen molar-refractivity contribution < 1.29 is 0 Å². The third-order valence-corrected chi connectivity index (χ3v) is 3.34. The molecule has 0 saturated carbocycles. The van der Waals surface area contributed by atoms with Gasteiger partial charge in [-0.2, -0.15) is 0 Å². The van der Waals surface area contributed by atoms with Gasteiger partial charge in [-0.25, -0.2) is 4.98 Å². The first-order valence-electron chi connectivity index (χ1n) is 6.54. The molecule has 2 nitrogen and oxygen atoms in total. The smallest absolute Gasteiger partial charge is 0.0922 e. The largest absolute Gasteiger partial charge is 0.385 e. The Morgan fingerprint density at radius 2 is 1.94 bits per heavy atom. The summed E-state index contributed by atoms with van der Waals surface area (Å²) in [6.45, 7) is 5.39. The summed E-state index contributed by atoms with van der Waals surface area (Å²) in [5, 5.41) is 6.57. The van der Waals surface area contributed by atoms with Gasteiger partial charge in [0.15, 0.2) is 0 Å². The molecule has 1 heterocycles. The Morgan fingerprint density at radius 1 is 1.17 bits per heavy atom. The number of aromatic nitrogens is 1. The summed E-state index contributed by atoms with van der Waals surface area (Å²) >= 11 is 1.71. The number of hydrogen-bond donors (Lipinski definition) is 1. The highest BCUT2D eigenvalue weighted by Crippen LogP contribution is 2.04. The van der Waals surface area contributed by atoms with Gasteiger partial charge in [-0.15, -0.1) is 11.3 Å². The molecule has 0 bridgehead atoms. The van der Waals surface area contributed by atoms with Crippen molar-refractivity contribution in [2.24, 2.45) is 0 Å². The second kappa shape index (κ2) is 9.66.